The summed E-state index contributed by atoms with van der Waals surface area (Å²) in [5, 5.41) is 18.0. The maximum atomic E-state index is 11.0. The lowest BCUT2D eigenvalue weighted by Crippen LogP contribution is -2.18. The third kappa shape index (κ3) is 2.19. The van der Waals surface area contributed by atoms with Gasteiger partial charge in [0.15, 0.2) is 0 Å². The minimum atomic E-state index is -0.901. The third-order valence-corrected chi connectivity index (χ3v) is 5.10. The molecule has 2 fully saturated rings. The van der Waals surface area contributed by atoms with E-state index in [2.05, 4.69) is 0 Å². The van der Waals surface area contributed by atoms with Crippen LogP contribution in [0.4, 0.5) is 0 Å². The summed E-state index contributed by atoms with van der Waals surface area (Å²) in [7, 11) is 0. The highest BCUT2D eigenvalue weighted by molar-refractivity contribution is 5.87. The fourth-order valence-electron chi connectivity index (χ4n) is 3.67. The number of hydrogen-bond donors (Lipinski definition) is 2. The highest BCUT2D eigenvalue weighted by Crippen LogP contribution is 2.63. The molecule has 0 aliphatic heterocycles. The first-order valence-corrected chi connectivity index (χ1v) is 7.08. The molecule has 0 amide bonds. The monoisotopic (exact) mass is 274 g/mol. The van der Waals surface area contributed by atoms with Crippen molar-refractivity contribution < 1.29 is 19.8 Å². The van der Waals surface area contributed by atoms with E-state index in [1.165, 1.54) is 5.56 Å². The predicted molar refractivity (Wildman–Crippen MR) is 72.8 cm³/mol. The molecule has 0 radical (unpaired) electrons. The van der Waals surface area contributed by atoms with Crippen LogP contribution in [-0.2, 0) is 4.79 Å². The van der Waals surface area contributed by atoms with E-state index in [0.717, 1.165) is 32.1 Å². The van der Waals surface area contributed by atoms with Crippen molar-refractivity contribution in [3.8, 4) is 0 Å². The highest BCUT2D eigenvalue weighted by Gasteiger charge is 2.58. The molecule has 2 saturated carbocycles. The summed E-state index contributed by atoms with van der Waals surface area (Å²) in [5.41, 5.74) is 1.56. The summed E-state index contributed by atoms with van der Waals surface area (Å²) in [6.07, 6.45) is 4.82. The first-order valence-electron chi connectivity index (χ1n) is 7.08. The van der Waals surface area contributed by atoms with Crippen LogP contribution in [0.15, 0.2) is 24.3 Å². The fourth-order valence-corrected chi connectivity index (χ4v) is 3.67. The Hall–Kier alpha value is -1.84. The van der Waals surface area contributed by atoms with Gasteiger partial charge in [0.1, 0.15) is 0 Å². The molecule has 1 atom stereocenters. The van der Waals surface area contributed by atoms with Gasteiger partial charge in [0, 0.05) is 0 Å². The summed E-state index contributed by atoms with van der Waals surface area (Å²) in [4.78, 5) is 21.9. The molecule has 106 valence electrons. The zero-order chi connectivity index (χ0) is 14.3. The smallest absolute Gasteiger partial charge is 0.335 e. The van der Waals surface area contributed by atoms with E-state index in [0.29, 0.717) is 11.5 Å². The van der Waals surface area contributed by atoms with Gasteiger partial charge in [-0.25, -0.2) is 4.79 Å². The van der Waals surface area contributed by atoms with Crippen LogP contribution >= 0.6 is 0 Å². The average Bonchev–Trinajstić information content (AvgIpc) is 3.14. The highest BCUT2D eigenvalue weighted by atomic mass is 16.4. The number of aliphatic carboxylic acids is 1. The Kier molecular flexibility index (Phi) is 3.04. The van der Waals surface area contributed by atoms with Gasteiger partial charge in [-0.1, -0.05) is 12.1 Å². The molecule has 0 saturated heterocycles. The molecule has 4 heteroatoms. The Balaban J connectivity index is 1.64. The van der Waals surface area contributed by atoms with Crippen molar-refractivity contribution in [2.45, 2.75) is 38.0 Å². The number of aromatic carboxylic acids is 1. The Bertz CT molecular complexity index is 538. The molecular formula is C16H18O4. The lowest BCUT2D eigenvalue weighted by atomic mass is 9.75. The van der Waals surface area contributed by atoms with Crippen LogP contribution in [0.1, 0.15) is 53.9 Å². The SMILES string of the molecule is O=C(O)c1ccc(C2CCC3(CC2)CC3C(=O)O)cc1. The topological polar surface area (TPSA) is 74.6 Å². The molecule has 2 N–H and O–H groups in total. The van der Waals surface area contributed by atoms with Crippen LogP contribution in [0.25, 0.3) is 0 Å². The van der Waals surface area contributed by atoms with Crippen LogP contribution in [0, 0.1) is 11.3 Å². The van der Waals surface area contributed by atoms with Crippen molar-refractivity contribution in [2.75, 3.05) is 0 Å². The van der Waals surface area contributed by atoms with E-state index in [-0.39, 0.29) is 11.3 Å². The van der Waals surface area contributed by atoms with E-state index in [1.807, 2.05) is 12.1 Å². The minimum Gasteiger partial charge on any atom is -0.481 e. The molecule has 0 bridgehead atoms. The first-order chi connectivity index (χ1) is 9.52. The quantitative estimate of drug-likeness (QED) is 0.888. The molecule has 1 spiro atoms. The van der Waals surface area contributed by atoms with Crippen molar-refractivity contribution in [3.05, 3.63) is 35.4 Å². The molecule has 0 aromatic heterocycles. The largest absolute Gasteiger partial charge is 0.481 e. The number of carboxylic acid groups (broad SMARTS) is 2. The number of hydrogen-bond acceptors (Lipinski definition) is 2. The van der Waals surface area contributed by atoms with Crippen LogP contribution < -0.4 is 0 Å². The second-order valence-electron chi connectivity index (χ2n) is 6.16. The molecule has 1 unspecified atom stereocenters. The lowest BCUT2D eigenvalue weighted by Gasteiger charge is -2.29. The van der Waals surface area contributed by atoms with Crippen LogP contribution in [0.5, 0.6) is 0 Å². The van der Waals surface area contributed by atoms with Crippen LogP contribution in [0.2, 0.25) is 0 Å². The van der Waals surface area contributed by atoms with Gasteiger partial charge >= 0.3 is 11.9 Å². The van der Waals surface area contributed by atoms with Crippen molar-refractivity contribution in [2.24, 2.45) is 11.3 Å². The molecule has 2 aliphatic rings. The van der Waals surface area contributed by atoms with E-state index in [9.17, 15) is 9.59 Å². The van der Waals surface area contributed by atoms with Crippen molar-refractivity contribution >= 4 is 11.9 Å². The Morgan fingerprint density at radius 2 is 1.65 bits per heavy atom. The third-order valence-electron chi connectivity index (χ3n) is 5.10. The van der Waals surface area contributed by atoms with Crippen LogP contribution in [-0.4, -0.2) is 22.2 Å². The number of rotatable bonds is 3. The standard InChI is InChI=1S/C16H18O4/c17-14(18)12-3-1-10(2-4-12)11-5-7-16(8-6-11)9-13(16)15(19)20/h1-4,11,13H,5-9H2,(H,17,18)(H,19,20). The Morgan fingerprint density at radius 1 is 1.05 bits per heavy atom. The number of carboxylic acids is 2. The van der Waals surface area contributed by atoms with Gasteiger partial charge in [-0.15, -0.1) is 0 Å². The Labute approximate surface area is 117 Å². The molecule has 20 heavy (non-hydrogen) atoms. The maximum absolute atomic E-state index is 11.0. The first kappa shape index (κ1) is 13.2. The molecule has 3 rings (SSSR count). The molecule has 2 aliphatic carbocycles. The van der Waals surface area contributed by atoms with Crippen molar-refractivity contribution in [1.29, 1.82) is 0 Å². The van der Waals surface area contributed by atoms with E-state index < -0.39 is 11.9 Å². The summed E-state index contributed by atoms with van der Waals surface area (Å²) >= 11 is 0. The number of carbonyl (C=O) groups is 2. The zero-order valence-corrected chi connectivity index (χ0v) is 11.2. The normalized spacial score (nSPS) is 32.0. The van der Waals surface area contributed by atoms with Gasteiger partial charge in [-0.05, 0) is 61.1 Å². The molecule has 1 aromatic carbocycles. The molecule has 4 nitrogen and oxygen atoms in total. The van der Waals surface area contributed by atoms with E-state index in [4.69, 9.17) is 10.2 Å². The second kappa shape index (κ2) is 4.62. The second-order valence-corrected chi connectivity index (χ2v) is 6.16. The minimum absolute atomic E-state index is 0.0728. The van der Waals surface area contributed by atoms with Gasteiger partial charge in [0.2, 0.25) is 0 Å². The zero-order valence-electron chi connectivity index (χ0n) is 11.2. The summed E-state index contributed by atoms with van der Waals surface area (Å²) in [6, 6.07) is 7.10. The predicted octanol–water partition coefficient (Wildman–Crippen LogP) is 3.13. The maximum Gasteiger partial charge on any atom is 0.335 e. The van der Waals surface area contributed by atoms with E-state index in [1.54, 1.807) is 12.1 Å². The molecule has 0 heterocycles. The van der Waals surface area contributed by atoms with Crippen LogP contribution in [0.3, 0.4) is 0 Å². The van der Waals surface area contributed by atoms with Crippen molar-refractivity contribution in [3.63, 3.8) is 0 Å². The molecular weight excluding hydrogens is 256 g/mol. The van der Waals surface area contributed by atoms with Gasteiger partial charge in [-0.2, -0.15) is 0 Å². The lowest BCUT2D eigenvalue weighted by molar-refractivity contribution is -0.139. The fraction of sp³-hybridized carbons (Fsp3) is 0.500. The van der Waals surface area contributed by atoms with Gasteiger partial charge < -0.3 is 10.2 Å². The average molecular weight is 274 g/mol. The molecule has 1 aromatic rings. The van der Waals surface area contributed by atoms with Gasteiger partial charge in [0.05, 0.1) is 11.5 Å². The van der Waals surface area contributed by atoms with Gasteiger partial charge in [-0.3, -0.25) is 4.79 Å². The van der Waals surface area contributed by atoms with E-state index >= 15 is 0 Å². The number of benzene rings is 1. The summed E-state index contributed by atoms with van der Waals surface area (Å²) in [5.74, 6) is -1.23. The summed E-state index contributed by atoms with van der Waals surface area (Å²) in [6.45, 7) is 0. The summed E-state index contributed by atoms with van der Waals surface area (Å²) < 4.78 is 0. The van der Waals surface area contributed by atoms with Crippen molar-refractivity contribution in [1.82, 2.24) is 0 Å². The Morgan fingerprint density at radius 3 is 2.10 bits per heavy atom. The van der Waals surface area contributed by atoms with Gasteiger partial charge in [0.25, 0.3) is 0 Å².